The van der Waals surface area contributed by atoms with Crippen LogP contribution in [0.25, 0.3) is 0 Å². The van der Waals surface area contributed by atoms with Gasteiger partial charge in [-0.2, -0.15) is 0 Å². The van der Waals surface area contributed by atoms with Gasteiger partial charge in [-0.05, 0) is 23.5 Å². The zero-order valence-corrected chi connectivity index (χ0v) is 14.3. The minimum atomic E-state index is -1.35. The molecule has 0 bridgehead atoms. The quantitative estimate of drug-likeness (QED) is 0.455. The molecule has 116 valence electrons. The van der Waals surface area contributed by atoms with E-state index < -0.39 is 7.95 Å². The molecule has 3 aliphatic rings. The third-order valence-corrected chi connectivity index (χ3v) is 6.94. The van der Waals surface area contributed by atoms with Crippen molar-refractivity contribution in [2.45, 2.75) is 12.8 Å². The summed E-state index contributed by atoms with van der Waals surface area (Å²) >= 11 is 0. The molecule has 2 aliphatic carbocycles. The molecular weight excluding hydrogens is 314 g/mol. The van der Waals surface area contributed by atoms with Gasteiger partial charge in [-0.1, -0.05) is 35.1 Å². The Bertz CT molecular complexity index is 581. The fraction of sp³-hybridized carbons (Fsp3) is 0.500. The molecule has 3 rings (SSSR count). The van der Waals surface area contributed by atoms with Crippen molar-refractivity contribution in [2.24, 2.45) is 11.8 Å². The monoisotopic (exact) mass is 335 g/mol. The van der Waals surface area contributed by atoms with E-state index in [1.807, 2.05) is 18.2 Å². The molecule has 0 saturated carbocycles. The Kier molecular flexibility index (Phi) is 5.49. The molecule has 1 saturated heterocycles. The maximum Gasteiger partial charge on any atom is 0.470 e. The van der Waals surface area contributed by atoms with Crippen LogP contribution in [0.15, 0.2) is 47.1 Å². The van der Waals surface area contributed by atoms with Gasteiger partial charge in [0.2, 0.25) is 0 Å². The summed E-state index contributed by atoms with van der Waals surface area (Å²) in [7, 11) is -1.23. The van der Waals surface area contributed by atoms with Gasteiger partial charge < -0.3 is 5.32 Å². The van der Waals surface area contributed by atoms with Crippen molar-refractivity contribution in [3.05, 3.63) is 47.1 Å². The van der Waals surface area contributed by atoms with E-state index >= 15 is 0 Å². The third kappa shape index (κ3) is 3.52. The number of nitrogens with one attached hydrogen (secondary N) is 1. The number of rotatable bonds is 6. The van der Waals surface area contributed by atoms with Gasteiger partial charge in [0.1, 0.15) is 0 Å². The molecule has 1 unspecified atom stereocenters. The smallest absolute Gasteiger partial charge is 0.314 e. The molecule has 0 radical (unpaired) electrons. The Morgan fingerprint density at radius 1 is 1.41 bits per heavy atom. The van der Waals surface area contributed by atoms with Crippen LogP contribution in [0.5, 0.6) is 0 Å². The van der Waals surface area contributed by atoms with Crippen LogP contribution in [0, 0.1) is 11.8 Å². The van der Waals surface area contributed by atoms with Crippen molar-refractivity contribution in [1.29, 1.82) is 0 Å². The van der Waals surface area contributed by atoms with E-state index in [1.165, 1.54) is 0 Å². The molecule has 0 aromatic carbocycles. The summed E-state index contributed by atoms with van der Waals surface area (Å²) in [4.78, 5) is 0. The maximum atomic E-state index is 12.4. The van der Waals surface area contributed by atoms with E-state index in [-0.39, 0.29) is 14.4 Å². The van der Waals surface area contributed by atoms with Crippen LogP contribution < -0.4 is 5.32 Å². The van der Waals surface area contributed by atoms with E-state index in [2.05, 4.69) is 28.2 Å². The lowest BCUT2D eigenvalue weighted by Gasteiger charge is -2.16. The van der Waals surface area contributed by atoms with Crippen LogP contribution in [0.1, 0.15) is 12.8 Å². The van der Waals surface area contributed by atoms with E-state index in [9.17, 15) is 9.13 Å². The van der Waals surface area contributed by atoms with Gasteiger partial charge in [0.25, 0.3) is 0 Å². The fourth-order valence-electron chi connectivity index (χ4n) is 3.15. The molecule has 22 heavy (non-hydrogen) atoms. The van der Waals surface area contributed by atoms with Crippen LogP contribution in [-0.4, -0.2) is 30.8 Å². The Balaban J connectivity index is 1.43. The van der Waals surface area contributed by atoms with Gasteiger partial charge in [-0.15, -0.1) is 0 Å². The molecule has 0 spiro atoms. The average molecular weight is 335 g/mol. The summed E-state index contributed by atoms with van der Waals surface area (Å²) in [6.07, 6.45) is 14.4. The first-order valence-corrected chi connectivity index (χ1v) is 9.81. The van der Waals surface area contributed by atoms with E-state index in [0.29, 0.717) is 5.92 Å². The standard InChI is InChI=1S/C16H21N2O2P2/c19-21-15-7-3-1-5-13(15)11-17-9-10-18-12-14-6-2-4-8-16(14)22(18)20/h1-2,4-5,7-8,13-14,17H,3,6,9-12H2/q+1/t13-,14-/m1/s1. The highest BCUT2D eigenvalue weighted by Gasteiger charge is 2.46. The normalized spacial score (nSPS) is 29.5. The second-order valence-electron chi connectivity index (χ2n) is 5.83. The summed E-state index contributed by atoms with van der Waals surface area (Å²) in [6.45, 7) is 3.30. The fourth-order valence-corrected chi connectivity index (χ4v) is 5.31. The molecule has 1 fully saturated rings. The van der Waals surface area contributed by atoms with Gasteiger partial charge in [0, 0.05) is 30.2 Å². The van der Waals surface area contributed by atoms with Crippen LogP contribution >= 0.6 is 16.4 Å². The van der Waals surface area contributed by atoms with Crippen LogP contribution in [-0.2, 0) is 9.13 Å². The Morgan fingerprint density at radius 3 is 3.14 bits per heavy atom. The van der Waals surface area contributed by atoms with Gasteiger partial charge in [0.15, 0.2) is 13.8 Å². The molecule has 0 amide bonds. The maximum absolute atomic E-state index is 12.4. The Morgan fingerprint density at radius 2 is 2.32 bits per heavy atom. The van der Waals surface area contributed by atoms with Crippen molar-refractivity contribution < 1.29 is 9.13 Å². The number of hydrogen-bond donors (Lipinski definition) is 1. The molecule has 1 heterocycles. The number of fused-ring (bicyclic) bond motifs is 1. The Labute approximate surface area is 134 Å². The van der Waals surface area contributed by atoms with Gasteiger partial charge in [0.05, 0.1) is 13.1 Å². The summed E-state index contributed by atoms with van der Waals surface area (Å²) < 4.78 is 25.6. The zero-order chi connectivity index (χ0) is 15.4. The number of nitrogens with zero attached hydrogens (tertiary/aromatic N) is 1. The molecule has 4 nitrogen and oxygen atoms in total. The molecule has 0 aromatic heterocycles. The number of allylic oxidation sites excluding steroid dienone is 5. The van der Waals surface area contributed by atoms with E-state index in [4.69, 9.17) is 0 Å². The molecule has 3 atom stereocenters. The topological polar surface area (TPSA) is 49.4 Å². The SMILES string of the molecule is O=PC1=CCC=C[C@@H]1CNCCN1C[C@H]2CC=CC=C2[P+]1=O. The highest BCUT2D eigenvalue weighted by atomic mass is 31.1. The molecule has 6 heteroatoms. The lowest BCUT2D eigenvalue weighted by molar-refractivity contribution is 0.405. The first kappa shape index (κ1) is 16.0. The summed E-state index contributed by atoms with van der Waals surface area (Å²) in [6, 6.07) is 0. The summed E-state index contributed by atoms with van der Waals surface area (Å²) in [5.74, 6) is 0.665. The molecule has 1 N–H and O–H groups in total. The van der Waals surface area contributed by atoms with Gasteiger partial charge in [-0.25, -0.2) is 0 Å². The largest absolute Gasteiger partial charge is 0.470 e. The van der Waals surface area contributed by atoms with E-state index in [0.717, 1.165) is 49.6 Å². The first-order valence-electron chi connectivity index (χ1n) is 7.79. The van der Waals surface area contributed by atoms with Crippen molar-refractivity contribution in [3.63, 3.8) is 0 Å². The highest BCUT2D eigenvalue weighted by molar-refractivity contribution is 7.47. The lowest BCUT2D eigenvalue weighted by Crippen LogP contribution is -2.30. The van der Waals surface area contributed by atoms with Crippen LogP contribution in [0.2, 0.25) is 0 Å². The lowest BCUT2D eigenvalue weighted by atomic mass is 10.0. The second-order valence-corrected chi connectivity index (χ2v) is 8.16. The predicted octanol–water partition coefficient (Wildman–Crippen LogP) is 3.85. The van der Waals surface area contributed by atoms with Gasteiger partial charge >= 0.3 is 7.95 Å². The average Bonchev–Trinajstić information content (AvgIpc) is 2.88. The number of hydrogen-bond acceptors (Lipinski definition) is 3. The zero-order valence-electron chi connectivity index (χ0n) is 12.5. The Hall–Kier alpha value is -0.920. The predicted molar refractivity (Wildman–Crippen MR) is 90.3 cm³/mol. The van der Waals surface area contributed by atoms with Crippen molar-refractivity contribution in [3.8, 4) is 0 Å². The first-order chi connectivity index (χ1) is 10.8. The van der Waals surface area contributed by atoms with Crippen molar-refractivity contribution in [2.75, 3.05) is 26.2 Å². The molecule has 1 aliphatic heterocycles. The highest BCUT2D eigenvalue weighted by Crippen LogP contribution is 2.50. The van der Waals surface area contributed by atoms with Crippen LogP contribution in [0.3, 0.4) is 0 Å². The summed E-state index contributed by atoms with van der Waals surface area (Å²) in [5.41, 5.74) is 0. The second kappa shape index (κ2) is 7.57. The minimum Gasteiger partial charge on any atom is -0.314 e. The third-order valence-electron chi connectivity index (χ3n) is 4.38. The summed E-state index contributed by atoms with van der Waals surface area (Å²) in [5, 5.41) is 5.48. The molecule has 0 aromatic rings. The van der Waals surface area contributed by atoms with Crippen molar-refractivity contribution in [1.82, 2.24) is 9.99 Å². The minimum absolute atomic E-state index is 0.124. The van der Waals surface area contributed by atoms with E-state index in [1.54, 1.807) is 0 Å². The van der Waals surface area contributed by atoms with Crippen LogP contribution in [0.4, 0.5) is 0 Å². The molecular formula is C16H21N2O2P2+. The van der Waals surface area contributed by atoms with Gasteiger partial charge in [-0.3, -0.25) is 4.57 Å². The van der Waals surface area contributed by atoms with Crippen molar-refractivity contribution >= 4 is 16.4 Å².